The van der Waals surface area contributed by atoms with Crippen molar-refractivity contribution in [2.24, 2.45) is 0 Å². The van der Waals surface area contributed by atoms with E-state index >= 15 is 0 Å². The summed E-state index contributed by atoms with van der Waals surface area (Å²) < 4.78 is 5.80. The molecule has 0 fully saturated rings. The Balaban J connectivity index is 1.54. The molecule has 0 aliphatic carbocycles. The van der Waals surface area contributed by atoms with Gasteiger partial charge < -0.3 is 9.64 Å². The number of thiazole rings is 1. The summed E-state index contributed by atoms with van der Waals surface area (Å²) in [6.07, 6.45) is -0.531. The van der Waals surface area contributed by atoms with Crippen LogP contribution in [0.4, 0.5) is 5.13 Å². The van der Waals surface area contributed by atoms with Crippen molar-refractivity contribution in [2.45, 2.75) is 18.9 Å². The number of hydrogen-bond acceptors (Lipinski definition) is 8. The molecule has 1 unspecified atom stereocenters. The first-order chi connectivity index (χ1) is 16.0. The number of hydrogen-bond donors (Lipinski definition) is 0. The van der Waals surface area contributed by atoms with Gasteiger partial charge in [0.2, 0.25) is 17.8 Å². The number of nitriles is 1. The van der Waals surface area contributed by atoms with Gasteiger partial charge in [0.1, 0.15) is 11.4 Å². The van der Waals surface area contributed by atoms with Gasteiger partial charge in [-0.3, -0.25) is 19.3 Å². The Kier molecular flexibility index (Phi) is 6.82. The zero-order chi connectivity index (χ0) is 23.4. The molecule has 0 bridgehead atoms. The average Bonchev–Trinajstić information content (AvgIpc) is 3.58. The number of rotatable bonds is 8. The standard InChI is InChI=1S/C23H20N4O4S2/c1-26(11-5-10-24)19(28)9-12-27(22(30)18-8-4-13-32-18)23-25-16(14-33-23)21-20(29)15-6-2-3-7-17(15)31-21/h2-4,6-8,13-14,21H,5,9,11-12H2,1H3. The van der Waals surface area contributed by atoms with E-state index in [1.165, 1.54) is 32.5 Å². The highest BCUT2D eigenvalue weighted by molar-refractivity contribution is 7.14. The third-order valence-electron chi connectivity index (χ3n) is 5.16. The van der Waals surface area contributed by atoms with Gasteiger partial charge in [0.05, 0.1) is 22.9 Å². The highest BCUT2D eigenvalue weighted by Gasteiger charge is 2.36. The van der Waals surface area contributed by atoms with Crippen LogP contribution in [0, 0.1) is 11.3 Å². The Morgan fingerprint density at radius 3 is 2.73 bits per heavy atom. The first-order valence-electron chi connectivity index (χ1n) is 10.2. The summed E-state index contributed by atoms with van der Waals surface area (Å²) in [6, 6.07) is 12.5. The summed E-state index contributed by atoms with van der Waals surface area (Å²) in [5, 5.41) is 12.6. The third-order valence-corrected chi connectivity index (χ3v) is 6.90. The molecule has 4 rings (SSSR count). The number of carbonyl (C=O) groups excluding carboxylic acids is 3. The van der Waals surface area contributed by atoms with Crippen LogP contribution in [0.5, 0.6) is 5.75 Å². The molecular weight excluding hydrogens is 460 g/mol. The summed E-state index contributed by atoms with van der Waals surface area (Å²) >= 11 is 2.53. The number of Topliss-reactive ketones (excluding diaryl/α,β-unsaturated/α-hetero) is 1. The van der Waals surface area contributed by atoms with E-state index in [9.17, 15) is 14.4 Å². The summed E-state index contributed by atoms with van der Waals surface area (Å²) in [4.78, 5) is 46.4. The summed E-state index contributed by atoms with van der Waals surface area (Å²) in [6.45, 7) is 0.455. The first-order valence-corrected chi connectivity index (χ1v) is 12.0. The monoisotopic (exact) mass is 480 g/mol. The van der Waals surface area contributed by atoms with Gasteiger partial charge in [-0.15, -0.1) is 22.7 Å². The van der Waals surface area contributed by atoms with Crippen LogP contribution < -0.4 is 9.64 Å². The van der Waals surface area contributed by atoms with Gasteiger partial charge >= 0.3 is 0 Å². The smallest absolute Gasteiger partial charge is 0.270 e. The number of ether oxygens (including phenoxy) is 1. The maximum absolute atomic E-state index is 13.2. The lowest BCUT2D eigenvalue weighted by molar-refractivity contribution is -0.129. The number of nitrogens with zero attached hydrogens (tertiary/aromatic N) is 4. The molecule has 3 heterocycles. The molecule has 1 aromatic carbocycles. The number of carbonyl (C=O) groups is 3. The van der Waals surface area contributed by atoms with Gasteiger partial charge in [-0.25, -0.2) is 4.98 Å². The average molecular weight is 481 g/mol. The van der Waals surface area contributed by atoms with Crippen LogP contribution in [0.25, 0.3) is 0 Å². The minimum atomic E-state index is -0.857. The van der Waals surface area contributed by atoms with Crippen LogP contribution in [-0.2, 0) is 4.79 Å². The Morgan fingerprint density at radius 1 is 1.18 bits per heavy atom. The summed E-state index contributed by atoms with van der Waals surface area (Å²) in [5.74, 6) is -0.0939. The lowest BCUT2D eigenvalue weighted by Gasteiger charge is -2.21. The quantitative estimate of drug-likeness (QED) is 0.484. The fraction of sp³-hybridized carbons (Fsp3) is 0.261. The molecule has 0 spiro atoms. The molecule has 33 heavy (non-hydrogen) atoms. The molecule has 0 saturated heterocycles. The van der Waals surface area contributed by atoms with E-state index in [4.69, 9.17) is 10.00 Å². The predicted molar refractivity (Wildman–Crippen MR) is 125 cm³/mol. The zero-order valence-electron chi connectivity index (χ0n) is 17.8. The van der Waals surface area contributed by atoms with Crippen molar-refractivity contribution in [1.29, 1.82) is 5.26 Å². The van der Waals surface area contributed by atoms with Gasteiger partial charge in [-0.05, 0) is 23.6 Å². The number of aromatic nitrogens is 1. The molecule has 168 valence electrons. The number of benzene rings is 1. The summed E-state index contributed by atoms with van der Waals surface area (Å²) in [7, 11) is 1.63. The molecule has 2 amide bonds. The number of amides is 2. The van der Waals surface area contributed by atoms with Gasteiger partial charge in [-0.1, -0.05) is 18.2 Å². The van der Waals surface area contributed by atoms with Crippen molar-refractivity contribution >= 4 is 45.4 Å². The maximum atomic E-state index is 13.2. The Morgan fingerprint density at radius 2 is 2.00 bits per heavy atom. The van der Waals surface area contributed by atoms with Crippen LogP contribution in [0.1, 0.15) is 44.7 Å². The lowest BCUT2D eigenvalue weighted by Crippen LogP contribution is -2.36. The van der Waals surface area contributed by atoms with E-state index < -0.39 is 6.10 Å². The van der Waals surface area contributed by atoms with Crippen molar-refractivity contribution in [2.75, 3.05) is 25.0 Å². The zero-order valence-corrected chi connectivity index (χ0v) is 19.4. The second-order valence-corrected chi connectivity index (χ2v) is 9.10. The Hall–Kier alpha value is -3.55. The molecule has 0 radical (unpaired) electrons. The van der Waals surface area contributed by atoms with Crippen molar-refractivity contribution < 1.29 is 19.1 Å². The number of para-hydroxylation sites is 1. The highest BCUT2D eigenvalue weighted by atomic mass is 32.1. The second kappa shape index (κ2) is 9.94. The normalized spacial score (nSPS) is 14.3. The van der Waals surface area contributed by atoms with Gasteiger partial charge in [0, 0.05) is 31.9 Å². The fourth-order valence-corrected chi connectivity index (χ4v) is 4.90. The van der Waals surface area contributed by atoms with Crippen molar-refractivity contribution in [3.63, 3.8) is 0 Å². The molecule has 1 aliphatic rings. The number of anilines is 1. The highest BCUT2D eigenvalue weighted by Crippen LogP contribution is 2.38. The minimum Gasteiger partial charge on any atom is -0.475 e. The molecular formula is C23H20N4O4S2. The topological polar surface area (TPSA) is 104 Å². The molecule has 1 aliphatic heterocycles. The molecule has 3 aromatic rings. The molecule has 10 heteroatoms. The molecule has 0 saturated carbocycles. The van der Waals surface area contributed by atoms with E-state index in [0.717, 1.165) is 0 Å². The minimum absolute atomic E-state index is 0.0816. The van der Waals surface area contributed by atoms with Gasteiger partial charge in [0.15, 0.2) is 5.13 Å². The van der Waals surface area contributed by atoms with Crippen molar-refractivity contribution in [3.8, 4) is 11.8 Å². The predicted octanol–water partition coefficient (Wildman–Crippen LogP) is 3.93. The van der Waals surface area contributed by atoms with Gasteiger partial charge in [0.25, 0.3) is 5.91 Å². The van der Waals surface area contributed by atoms with Crippen molar-refractivity contribution in [3.05, 3.63) is 63.3 Å². The molecule has 2 aromatic heterocycles. The van der Waals surface area contributed by atoms with Crippen LogP contribution in [-0.4, -0.2) is 47.6 Å². The van der Waals surface area contributed by atoms with E-state index in [1.54, 1.807) is 48.8 Å². The Bertz CT molecular complexity index is 1220. The number of ketones is 1. The SMILES string of the molecule is CN(CCC#N)C(=O)CCN(C(=O)c1cccs1)c1nc(C2Oc3ccccc3C2=O)cs1. The number of thiophene rings is 1. The van der Waals surface area contributed by atoms with Crippen LogP contribution >= 0.6 is 22.7 Å². The Labute approximate surface area is 198 Å². The van der Waals surface area contributed by atoms with E-state index in [0.29, 0.717) is 33.6 Å². The largest absolute Gasteiger partial charge is 0.475 e. The van der Waals surface area contributed by atoms with Crippen LogP contribution in [0.3, 0.4) is 0 Å². The van der Waals surface area contributed by atoms with E-state index in [1.807, 2.05) is 11.4 Å². The van der Waals surface area contributed by atoms with E-state index in [-0.39, 0.29) is 37.0 Å². The summed E-state index contributed by atoms with van der Waals surface area (Å²) in [5.41, 5.74) is 0.937. The van der Waals surface area contributed by atoms with E-state index in [2.05, 4.69) is 4.98 Å². The molecule has 8 nitrogen and oxygen atoms in total. The molecule has 1 atom stereocenters. The number of fused-ring (bicyclic) bond motifs is 1. The lowest BCUT2D eigenvalue weighted by atomic mass is 10.1. The van der Waals surface area contributed by atoms with Crippen molar-refractivity contribution in [1.82, 2.24) is 9.88 Å². The van der Waals surface area contributed by atoms with Crippen LogP contribution in [0.15, 0.2) is 47.2 Å². The van der Waals surface area contributed by atoms with Gasteiger partial charge in [-0.2, -0.15) is 5.26 Å². The maximum Gasteiger partial charge on any atom is 0.270 e. The second-order valence-electron chi connectivity index (χ2n) is 7.32. The van der Waals surface area contributed by atoms with Crippen LogP contribution in [0.2, 0.25) is 0 Å². The third kappa shape index (κ3) is 4.79. The molecule has 0 N–H and O–H groups in total. The first kappa shape index (κ1) is 22.6. The fourth-order valence-electron chi connectivity index (χ4n) is 3.37.